The summed E-state index contributed by atoms with van der Waals surface area (Å²) in [4.78, 5) is 15.7. The molecule has 1 rings (SSSR count). The molecular weight excluding hydrogens is 280 g/mol. The number of nitrogens with one attached hydrogen (secondary N) is 1. The largest absolute Gasteiger partial charge is 0.444 e. The van der Waals surface area contributed by atoms with Gasteiger partial charge in [-0.15, -0.1) is 11.6 Å². The van der Waals surface area contributed by atoms with Crippen LogP contribution in [0.3, 0.4) is 0 Å². The lowest BCUT2D eigenvalue weighted by Gasteiger charge is -2.26. The zero-order valence-electron chi connectivity index (χ0n) is 12.0. The Bertz CT molecular complexity index is 420. The van der Waals surface area contributed by atoms with Gasteiger partial charge in [-0.3, -0.25) is 4.98 Å². The maximum Gasteiger partial charge on any atom is 0.407 e. The van der Waals surface area contributed by atoms with Crippen LogP contribution in [-0.2, 0) is 11.2 Å². The number of rotatable bonds is 5. The second-order valence-corrected chi connectivity index (χ2v) is 5.84. The van der Waals surface area contributed by atoms with E-state index in [0.717, 1.165) is 5.56 Å². The van der Waals surface area contributed by atoms with E-state index in [0.29, 0.717) is 6.42 Å². The molecule has 112 valence electrons. The SMILES string of the molecule is CC(C)(C)OC(=O)N[C@@H](Cc1ccncc1)C(O)CCl. The summed E-state index contributed by atoms with van der Waals surface area (Å²) in [5, 5.41) is 12.6. The number of aromatic nitrogens is 1. The van der Waals surface area contributed by atoms with E-state index in [4.69, 9.17) is 16.3 Å². The lowest BCUT2D eigenvalue weighted by atomic mass is 10.0. The number of hydrogen-bond donors (Lipinski definition) is 2. The molecule has 2 atom stereocenters. The Kier molecular flexibility index (Phi) is 6.23. The van der Waals surface area contributed by atoms with E-state index >= 15 is 0 Å². The van der Waals surface area contributed by atoms with Gasteiger partial charge in [-0.1, -0.05) is 0 Å². The number of halogens is 1. The van der Waals surface area contributed by atoms with Crippen molar-refractivity contribution in [2.45, 2.75) is 44.9 Å². The van der Waals surface area contributed by atoms with Gasteiger partial charge in [0.2, 0.25) is 0 Å². The average Bonchev–Trinajstić information content (AvgIpc) is 2.36. The van der Waals surface area contributed by atoms with Crippen molar-refractivity contribution >= 4 is 17.7 Å². The lowest BCUT2D eigenvalue weighted by molar-refractivity contribution is 0.0440. The minimum atomic E-state index is -0.850. The smallest absolute Gasteiger partial charge is 0.407 e. The summed E-state index contributed by atoms with van der Waals surface area (Å²) in [5.74, 6) is 0.0333. The number of carbonyl (C=O) groups excluding carboxylic acids is 1. The fourth-order valence-electron chi connectivity index (χ4n) is 1.62. The number of nitrogens with zero attached hydrogens (tertiary/aromatic N) is 1. The van der Waals surface area contributed by atoms with Crippen LogP contribution in [0.4, 0.5) is 4.79 Å². The third-order valence-electron chi connectivity index (χ3n) is 2.53. The summed E-state index contributed by atoms with van der Waals surface area (Å²) < 4.78 is 5.18. The molecule has 1 aromatic heterocycles. The van der Waals surface area contributed by atoms with Crippen LogP contribution in [0.15, 0.2) is 24.5 Å². The van der Waals surface area contributed by atoms with Crippen LogP contribution in [0.5, 0.6) is 0 Å². The Morgan fingerprint density at radius 3 is 2.55 bits per heavy atom. The standard InChI is InChI=1S/C14H21ClN2O3/c1-14(2,3)20-13(19)17-11(12(18)9-15)8-10-4-6-16-7-5-10/h4-7,11-12,18H,8-9H2,1-3H3,(H,17,19)/t11-,12?/m0/s1. The van der Waals surface area contributed by atoms with Gasteiger partial charge in [0.05, 0.1) is 18.0 Å². The lowest BCUT2D eigenvalue weighted by Crippen LogP contribution is -2.47. The summed E-state index contributed by atoms with van der Waals surface area (Å²) in [6, 6.07) is 3.14. The van der Waals surface area contributed by atoms with E-state index in [2.05, 4.69) is 10.3 Å². The molecule has 0 saturated carbocycles. The Morgan fingerprint density at radius 2 is 2.05 bits per heavy atom. The molecule has 1 aromatic rings. The highest BCUT2D eigenvalue weighted by atomic mass is 35.5. The molecule has 1 unspecified atom stereocenters. The van der Waals surface area contributed by atoms with Gasteiger partial charge >= 0.3 is 6.09 Å². The van der Waals surface area contributed by atoms with Crippen molar-refractivity contribution < 1.29 is 14.6 Å². The van der Waals surface area contributed by atoms with E-state index in [-0.39, 0.29) is 5.88 Å². The summed E-state index contributed by atoms with van der Waals surface area (Å²) in [6.45, 7) is 5.34. The van der Waals surface area contributed by atoms with Crippen molar-refractivity contribution in [2.75, 3.05) is 5.88 Å². The first-order valence-corrected chi connectivity index (χ1v) is 6.97. The van der Waals surface area contributed by atoms with Crippen molar-refractivity contribution in [3.05, 3.63) is 30.1 Å². The molecule has 0 aliphatic carbocycles. The Hall–Kier alpha value is -1.33. The van der Waals surface area contributed by atoms with Gasteiger partial charge < -0.3 is 15.2 Å². The highest BCUT2D eigenvalue weighted by molar-refractivity contribution is 6.18. The van der Waals surface area contributed by atoms with E-state index in [1.54, 1.807) is 33.2 Å². The number of pyridine rings is 1. The normalized spacial score (nSPS) is 14.4. The van der Waals surface area contributed by atoms with Crippen LogP contribution in [0.1, 0.15) is 26.3 Å². The van der Waals surface area contributed by atoms with Gasteiger partial charge in [-0.05, 0) is 44.9 Å². The number of amides is 1. The highest BCUT2D eigenvalue weighted by Crippen LogP contribution is 2.10. The fourth-order valence-corrected chi connectivity index (χ4v) is 1.84. The van der Waals surface area contributed by atoms with Gasteiger partial charge in [0, 0.05) is 12.4 Å². The molecule has 0 bridgehead atoms. The van der Waals surface area contributed by atoms with Crippen LogP contribution in [0, 0.1) is 0 Å². The molecule has 0 aliphatic heterocycles. The molecule has 20 heavy (non-hydrogen) atoms. The second kappa shape index (κ2) is 7.45. The molecule has 5 nitrogen and oxygen atoms in total. The van der Waals surface area contributed by atoms with Gasteiger partial charge in [0.15, 0.2) is 0 Å². The minimum absolute atomic E-state index is 0.0333. The van der Waals surface area contributed by atoms with Crippen LogP contribution in [-0.4, -0.2) is 39.8 Å². The third-order valence-corrected chi connectivity index (χ3v) is 2.85. The van der Waals surface area contributed by atoms with E-state index < -0.39 is 23.8 Å². The molecule has 6 heteroatoms. The first-order valence-electron chi connectivity index (χ1n) is 6.44. The highest BCUT2D eigenvalue weighted by Gasteiger charge is 2.24. The monoisotopic (exact) mass is 300 g/mol. The average molecular weight is 301 g/mol. The van der Waals surface area contributed by atoms with Crippen molar-refractivity contribution in [3.8, 4) is 0 Å². The maximum absolute atomic E-state index is 11.8. The molecule has 0 radical (unpaired) electrons. The number of aliphatic hydroxyl groups excluding tert-OH is 1. The number of alkyl halides is 1. The molecular formula is C14H21ClN2O3. The second-order valence-electron chi connectivity index (χ2n) is 5.53. The van der Waals surface area contributed by atoms with Crippen LogP contribution in [0.25, 0.3) is 0 Å². The van der Waals surface area contributed by atoms with Crippen molar-refractivity contribution in [3.63, 3.8) is 0 Å². The predicted molar refractivity (Wildman–Crippen MR) is 77.8 cm³/mol. The van der Waals surface area contributed by atoms with E-state index in [1.807, 2.05) is 12.1 Å². The zero-order valence-corrected chi connectivity index (χ0v) is 12.7. The van der Waals surface area contributed by atoms with Crippen molar-refractivity contribution in [1.82, 2.24) is 10.3 Å². The van der Waals surface area contributed by atoms with E-state index in [1.165, 1.54) is 0 Å². The molecule has 0 fully saturated rings. The Balaban J connectivity index is 2.68. The van der Waals surface area contributed by atoms with Crippen molar-refractivity contribution in [2.24, 2.45) is 0 Å². The third kappa shape index (κ3) is 6.21. The van der Waals surface area contributed by atoms with Gasteiger partial charge in [-0.2, -0.15) is 0 Å². The van der Waals surface area contributed by atoms with Crippen LogP contribution in [0.2, 0.25) is 0 Å². The topological polar surface area (TPSA) is 71.5 Å². The van der Waals surface area contributed by atoms with Gasteiger partial charge in [0.1, 0.15) is 5.60 Å². The summed E-state index contributed by atoms with van der Waals surface area (Å²) in [5.41, 5.74) is 0.363. The molecule has 0 spiro atoms. The van der Waals surface area contributed by atoms with Gasteiger partial charge in [-0.25, -0.2) is 4.79 Å². The number of carbonyl (C=O) groups is 1. The zero-order chi connectivity index (χ0) is 15.2. The minimum Gasteiger partial charge on any atom is -0.444 e. The summed E-state index contributed by atoms with van der Waals surface area (Å²) >= 11 is 5.68. The van der Waals surface area contributed by atoms with E-state index in [9.17, 15) is 9.90 Å². The fraction of sp³-hybridized carbons (Fsp3) is 0.571. The number of aliphatic hydroxyl groups is 1. The van der Waals surface area contributed by atoms with Crippen LogP contribution < -0.4 is 5.32 Å². The summed E-state index contributed by atoms with van der Waals surface area (Å²) in [7, 11) is 0. The maximum atomic E-state index is 11.8. The molecule has 0 aromatic carbocycles. The molecule has 2 N–H and O–H groups in total. The molecule has 1 amide bonds. The quantitative estimate of drug-likeness (QED) is 0.817. The predicted octanol–water partition coefficient (Wildman–Crippen LogP) is 2.12. The molecule has 0 saturated heterocycles. The number of alkyl carbamates (subject to hydrolysis) is 1. The van der Waals surface area contributed by atoms with Gasteiger partial charge in [0.25, 0.3) is 0 Å². The number of ether oxygens (including phenoxy) is 1. The molecule has 1 heterocycles. The first-order chi connectivity index (χ1) is 9.31. The Morgan fingerprint density at radius 1 is 1.45 bits per heavy atom. The van der Waals surface area contributed by atoms with Crippen molar-refractivity contribution in [1.29, 1.82) is 0 Å². The van der Waals surface area contributed by atoms with Crippen LogP contribution >= 0.6 is 11.6 Å². The molecule has 0 aliphatic rings. The Labute approximate surface area is 124 Å². The number of hydrogen-bond acceptors (Lipinski definition) is 4. The summed E-state index contributed by atoms with van der Waals surface area (Å²) in [6.07, 6.45) is 2.35. The first kappa shape index (κ1) is 16.7.